The summed E-state index contributed by atoms with van der Waals surface area (Å²) in [4.78, 5) is 9.96. The van der Waals surface area contributed by atoms with Crippen molar-refractivity contribution in [1.82, 2.24) is 0 Å². The first-order chi connectivity index (χ1) is 6.24. The standard InChI is InChI=1S/C10H7ClO2/c11-10-5-4-9(13)7-8(10)3-1-2-6-12/h4-7,13H,2H2. The first kappa shape index (κ1) is 9.63. The van der Waals surface area contributed by atoms with Crippen LogP contribution in [-0.2, 0) is 4.79 Å². The summed E-state index contributed by atoms with van der Waals surface area (Å²) in [6.07, 6.45) is 0.885. The van der Waals surface area contributed by atoms with Gasteiger partial charge >= 0.3 is 0 Å². The number of phenols is 1. The molecule has 0 saturated heterocycles. The minimum atomic E-state index is 0.111. The number of aromatic hydroxyl groups is 1. The van der Waals surface area contributed by atoms with E-state index >= 15 is 0 Å². The van der Waals surface area contributed by atoms with Gasteiger partial charge < -0.3 is 9.90 Å². The van der Waals surface area contributed by atoms with Crippen LogP contribution in [0.15, 0.2) is 18.2 Å². The molecule has 1 rings (SSSR count). The predicted octanol–water partition coefficient (Wildman–Crippen LogP) is 1.99. The highest BCUT2D eigenvalue weighted by molar-refractivity contribution is 6.31. The number of benzene rings is 1. The van der Waals surface area contributed by atoms with Crippen LogP contribution in [-0.4, -0.2) is 11.4 Å². The second-order valence-corrected chi connectivity index (χ2v) is 2.74. The van der Waals surface area contributed by atoms with Crippen molar-refractivity contribution in [1.29, 1.82) is 0 Å². The molecule has 0 aromatic heterocycles. The van der Waals surface area contributed by atoms with Gasteiger partial charge in [-0.25, -0.2) is 0 Å². The molecular formula is C10H7ClO2. The van der Waals surface area contributed by atoms with E-state index in [0.29, 0.717) is 16.9 Å². The van der Waals surface area contributed by atoms with E-state index in [2.05, 4.69) is 11.8 Å². The molecule has 13 heavy (non-hydrogen) atoms. The summed E-state index contributed by atoms with van der Waals surface area (Å²) in [6, 6.07) is 4.50. The van der Waals surface area contributed by atoms with E-state index in [1.807, 2.05) is 0 Å². The molecule has 0 heterocycles. The molecule has 0 aliphatic rings. The number of phenolic OH excluding ortho intramolecular Hbond substituents is 1. The van der Waals surface area contributed by atoms with Gasteiger partial charge in [0, 0.05) is 5.56 Å². The van der Waals surface area contributed by atoms with Crippen LogP contribution in [0.5, 0.6) is 5.75 Å². The van der Waals surface area contributed by atoms with Gasteiger partial charge in [-0.1, -0.05) is 23.4 Å². The maximum atomic E-state index is 9.96. The molecule has 66 valence electrons. The molecule has 0 amide bonds. The fourth-order valence-corrected chi connectivity index (χ4v) is 0.962. The molecule has 0 aliphatic carbocycles. The molecule has 1 aromatic carbocycles. The van der Waals surface area contributed by atoms with Crippen molar-refractivity contribution in [3.63, 3.8) is 0 Å². The average molecular weight is 195 g/mol. The Morgan fingerprint density at radius 1 is 1.54 bits per heavy atom. The van der Waals surface area contributed by atoms with Crippen molar-refractivity contribution >= 4 is 17.9 Å². The lowest BCUT2D eigenvalue weighted by Gasteiger charge is -1.95. The summed E-state index contributed by atoms with van der Waals surface area (Å²) in [5.41, 5.74) is 0.531. The van der Waals surface area contributed by atoms with Gasteiger partial charge in [0.1, 0.15) is 12.0 Å². The lowest BCUT2D eigenvalue weighted by Crippen LogP contribution is -1.77. The summed E-state index contributed by atoms with van der Waals surface area (Å²) in [7, 11) is 0. The largest absolute Gasteiger partial charge is 0.508 e. The molecule has 2 nitrogen and oxygen atoms in total. The summed E-state index contributed by atoms with van der Waals surface area (Å²) >= 11 is 5.77. The molecular weight excluding hydrogens is 188 g/mol. The molecule has 0 saturated carbocycles. The summed E-state index contributed by atoms with van der Waals surface area (Å²) in [6.45, 7) is 0. The third-order valence-electron chi connectivity index (χ3n) is 1.36. The van der Waals surface area contributed by atoms with Gasteiger partial charge in [0.15, 0.2) is 0 Å². The zero-order valence-corrected chi connectivity index (χ0v) is 7.51. The Morgan fingerprint density at radius 2 is 2.31 bits per heavy atom. The molecule has 0 fully saturated rings. The third-order valence-corrected chi connectivity index (χ3v) is 1.69. The highest BCUT2D eigenvalue weighted by atomic mass is 35.5. The van der Waals surface area contributed by atoms with E-state index in [1.54, 1.807) is 6.07 Å². The summed E-state index contributed by atoms with van der Waals surface area (Å²) in [5.74, 6) is 5.40. The van der Waals surface area contributed by atoms with Gasteiger partial charge in [-0.05, 0) is 18.2 Å². The highest BCUT2D eigenvalue weighted by Gasteiger charge is 1.96. The molecule has 3 heteroatoms. The fourth-order valence-electron chi connectivity index (χ4n) is 0.797. The molecule has 0 unspecified atom stereocenters. The Bertz CT molecular complexity index is 374. The van der Waals surface area contributed by atoms with E-state index in [4.69, 9.17) is 16.7 Å². The maximum Gasteiger partial charge on any atom is 0.131 e. The van der Waals surface area contributed by atoms with Gasteiger partial charge in [-0.15, -0.1) is 0 Å². The van der Waals surface area contributed by atoms with Gasteiger partial charge in [-0.2, -0.15) is 0 Å². The molecule has 0 aliphatic heterocycles. The number of halogens is 1. The van der Waals surface area contributed by atoms with Crippen molar-refractivity contribution in [2.24, 2.45) is 0 Å². The number of hydrogen-bond acceptors (Lipinski definition) is 2. The molecule has 0 spiro atoms. The van der Waals surface area contributed by atoms with Gasteiger partial charge in [-0.3, -0.25) is 0 Å². The van der Waals surface area contributed by atoms with Crippen LogP contribution in [0, 0.1) is 11.8 Å². The smallest absolute Gasteiger partial charge is 0.131 e. The SMILES string of the molecule is O=CCC#Cc1cc(O)ccc1Cl. The zero-order chi connectivity index (χ0) is 9.68. The molecule has 1 aromatic rings. The molecule has 1 N–H and O–H groups in total. The van der Waals surface area contributed by atoms with E-state index in [-0.39, 0.29) is 12.2 Å². The van der Waals surface area contributed by atoms with Crippen molar-refractivity contribution < 1.29 is 9.90 Å². The van der Waals surface area contributed by atoms with Crippen molar-refractivity contribution in [3.8, 4) is 17.6 Å². The summed E-state index contributed by atoms with van der Waals surface area (Å²) < 4.78 is 0. The Labute approximate surface area is 81.1 Å². The van der Waals surface area contributed by atoms with Gasteiger partial charge in [0.05, 0.1) is 11.4 Å². The lowest BCUT2D eigenvalue weighted by atomic mass is 10.2. The first-order valence-electron chi connectivity index (χ1n) is 3.65. The van der Waals surface area contributed by atoms with Crippen molar-refractivity contribution in [3.05, 3.63) is 28.8 Å². The van der Waals surface area contributed by atoms with Crippen LogP contribution in [0.4, 0.5) is 0 Å². The monoisotopic (exact) mass is 194 g/mol. The second kappa shape index (κ2) is 4.54. The highest BCUT2D eigenvalue weighted by Crippen LogP contribution is 2.19. The first-order valence-corrected chi connectivity index (χ1v) is 4.03. The minimum Gasteiger partial charge on any atom is -0.508 e. The van der Waals surface area contributed by atoms with E-state index in [9.17, 15) is 4.79 Å². The molecule has 0 atom stereocenters. The number of aldehydes is 1. The Kier molecular flexibility index (Phi) is 3.36. The van der Waals surface area contributed by atoms with Crippen molar-refractivity contribution in [2.45, 2.75) is 6.42 Å². The van der Waals surface area contributed by atoms with Crippen LogP contribution in [0.2, 0.25) is 5.02 Å². The van der Waals surface area contributed by atoms with Crippen molar-refractivity contribution in [2.75, 3.05) is 0 Å². The van der Waals surface area contributed by atoms with E-state index in [1.165, 1.54) is 12.1 Å². The Morgan fingerprint density at radius 3 is 3.00 bits per heavy atom. The van der Waals surface area contributed by atoms with Gasteiger partial charge in [0.25, 0.3) is 0 Å². The maximum absolute atomic E-state index is 9.96. The summed E-state index contributed by atoms with van der Waals surface area (Å²) in [5, 5.41) is 9.57. The number of carbonyl (C=O) groups is 1. The number of rotatable bonds is 1. The third kappa shape index (κ3) is 2.81. The Hall–Kier alpha value is -1.46. The van der Waals surface area contributed by atoms with E-state index in [0.717, 1.165) is 0 Å². The molecule has 0 radical (unpaired) electrons. The predicted molar refractivity (Wildman–Crippen MR) is 50.7 cm³/mol. The zero-order valence-electron chi connectivity index (χ0n) is 6.75. The second-order valence-electron chi connectivity index (χ2n) is 2.34. The van der Waals surface area contributed by atoms with Crippen LogP contribution in [0.25, 0.3) is 0 Å². The average Bonchev–Trinajstić information content (AvgIpc) is 2.11. The van der Waals surface area contributed by atoms with E-state index < -0.39 is 0 Å². The topological polar surface area (TPSA) is 37.3 Å². The van der Waals surface area contributed by atoms with Crippen LogP contribution < -0.4 is 0 Å². The van der Waals surface area contributed by atoms with Crippen LogP contribution >= 0.6 is 11.6 Å². The van der Waals surface area contributed by atoms with Crippen LogP contribution in [0.1, 0.15) is 12.0 Å². The normalized spacial score (nSPS) is 8.69. The van der Waals surface area contributed by atoms with Gasteiger partial charge in [0.2, 0.25) is 0 Å². The van der Waals surface area contributed by atoms with Crippen LogP contribution in [0.3, 0.4) is 0 Å². The quantitative estimate of drug-likeness (QED) is 0.548. The number of carbonyl (C=O) groups excluding carboxylic acids is 1. The lowest BCUT2D eigenvalue weighted by molar-refractivity contribution is -0.107. The number of hydrogen-bond donors (Lipinski definition) is 1. The fraction of sp³-hybridized carbons (Fsp3) is 0.100. The minimum absolute atomic E-state index is 0.111. The Balaban J connectivity index is 2.95. The molecule has 0 bridgehead atoms.